The first-order valence-electron chi connectivity index (χ1n) is 1.07. The number of carboxylic acid groups (broad SMARTS) is 1. The Morgan fingerprint density at radius 2 is 1.67 bits per heavy atom. The van der Waals surface area contributed by atoms with E-state index in [-0.39, 0.29) is 0 Å². The maximum atomic E-state index is 9.53. The maximum Gasteiger partial charge on any atom is 0.382 e. The topological polar surface area (TPSA) is 54.4 Å². The summed E-state index contributed by atoms with van der Waals surface area (Å²) < 4.78 is -0.854. The van der Waals surface area contributed by atoms with E-state index in [2.05, 4.69) is 0 Å². The zero-order valence-corrected chi connectivity index (χ0v) is 4.80. The third-order valence-corrected chi connectivity index (χ3v) is 0.630. The molecule has 3 nitrogen and oxygen atoms in total. The molecule has 0 aliphatic heterocycles. The molecule has 4 heteroatoms. The van der Waals surface area contributed by atoms with E-state index in [4.69, 9.17) is 5.11 Å². The summed E-state index contributed by atoms with van der Waals surface area (Å²) in [7, 11) is 0. The van der Waals surface area contributed by atoms with Crippen LogP contribution in [0.5, 0.6) is 0 Å². The minimum Gasteiger partial charge on any atom is -0.475 e. The first-order valence-corrected chi connectivity index (χ1v) is 2.15. The van der Waals surface area contributed by atoms with Crippen LogP contribution in [0.3, 0.4) is 0 Å². The Labute approximate surface area is 47.5 Å². The van der Waals surface area contributed by atoms with Gasteiger partial charge >= 0.3 is 5.97 Å². The highest BCUT2D eigenvalue weighted by molar-refractivity contribution is 14.1. The second-order valence-corrected chi connectivity index (χ2v) is 1.56. The van der Waals surface area contributed by atoms with Crippen LogP contribution in [0, 0.1) is 0 Å². The molecular weight excluding hydrogens is 199 g/mol. The zero-order chi connectivity index (χ0) is 5.15. The molecule has 0 radical (unpaired) electrons. The highest BCUT2D eigenvalue weighted by atomic mass is 127. The van der Waals surface area contributed by atoms with Crippen LogP contribution in [0.4, 0.5) is 0 Å². The molecule has 0 rings (SSSR count). The van der Waals surface area contributed by atoms with Crippen molar-refractivity contribution in [1.29, 1.82) is 0 Å². The van der Waals surface area contributed by atoms with Gasteiger partial charge in [-0.05, 0) is 0 Å². The summed E-state index contributed by atoms with van der Waals surface area (Å²) in [5.41, 5.74) is 0. The highest BCUT2D eigenvalue weighted by Crippen LogP contribution is 1.81. The van der Waals surface area contributed by atoms with Crippen LogP contribution in [0.1, 0.15) is 0 Å². The SMILES string of the molecule is O=C(O)C(=O)I. The van der Waals surface area contributed by atoms with Crippen LogP contribution < -0.4 is 0 Å². The van der Waals surface area contributed by atoms with E-state index in [1.807, 2.05) is 0 Å². The van der Waals surface area contributed by atoms with Crippen molar-refractivity contribution in [3.8, 4) is 0 Å². The second-order valence-electron chi connectivity index (χ2n) is 0.579. The number of halogens is 1. The molecule has 0 atom stereocenters. The summed E-state index contributed by atoms with van der Waals surface area (Å²) in [6.07, 6.45) is 0. The second kappa shape index (κ2) is 2.12. The molecule has 0 unspecified atom stereocenters. The van der Waals surface area contributed by atoms with Gasteiger partial charge in [0.1, 0.15) is 0 Å². The molecule has 1 N–H and O–H groups in total. The first kappa shape index (κ1) is 5.87. The predicted octanol–water partition coefficient (Wildman–Crippen LogP) is 0.0326. The van der Waals surface area contributed by atoms with Gasteiger partial charge in [0.25, 0.3) is 3.79 Å². The maximum absolute atomic E-state index is 9.53. The van der Waals surface area contributed by atoms with Crippen LogP contribution >= 0.6 is 22.6 Å². The summed E-state index contributed by atoms with van der Waals surface area (Å²) in [6.45, 7) is 0. The summed E-state index contributed by atoms with van der Waals surface area (Å²) in [4.78, 5) is 18.9. The van der Waals surface area contributed by atoms with Crippen molar-refractivity contribution in [2.24, 2.45) is 0 Å². The molecule has 0 heterocycles. The van der Waals surface area contributed by atoms with Gasteiger partial charge in [0.2, 0.25) is 0 Å². The molecule has 6 heavy (non-hydrogen) atoms. The average Bonchev–Trinajstić information content (AvgIpc) is 1.36. The number of rotatable bonds is 1. The molecule has 0 aromatic heterocycles. The molecule has 0 aliphatic rings. The van der Waals surface area contributed by atoms with E-state index >= 15 is 0 Å². The van der Waals surface area contributed by atoms with E-state index in [0.717, 1.165) is 0 Å². The van der Waals surface area contributed by atoms with E-state index in [1.54, 1.807) is 0 Å². The smallest absolute Gasteiger partial charge is 0.382 e. The van der Waals surface area contributed by atoms with Crippen molar-refractivity contribution < 1.29 is 14.7 Å². The lowest BCUT2D eigenvalue weighted by Gasteiger charge is -1.70. The summed E-state index contributed by atoms with van der Waals surface area (Å²) in [5.74, 6) is -1.39. The highest BCUT2D eigenvalue weighted by Gasteiger charge is 2.01. The zero-order valence-electron chi connectivity index (χ0n) is 2.64. The van der Waals surface area contributed by atoms with Gasteiger partial charge in [0.15, 0.2) is 0 Å². The molecular formula is C2HIO3. The Balaban J connectivity index is 3.57. The molecule has 0 bridgehead atoms. The van der Waals surface area contributed by atoms with E-state index in [1.165, 1.54) is 22.6 Å². The van der Waals surface area contributed by atoms with Gasteiger partial charge in [-0.25, -0.2) is 4.79 Å². The van der Waals surface area contributed by atoms with Gasteiger partial charge in [-0.15, -0.1) is 0 Å². The summed E-state index contributed by atoms with van der Waals surface area (Å²) in [6, 6.07) is 0. The standard InChI is InChI=1S/C2HIO3/c3-1(4)2(5)6/h(H,5,6). The van der Waals surface area contributed by atoms with E-state index < -0.39 is 9.76 Å². The third kappa shape index (κ3) is 2.13. The Hall–Kier alpha value is -0.130. The van der Waals surface area contributed by atoms with E-state index in [9.17, 15) is 9.59 Å². The van der Waals surface area contributed by atoms with Gasteiger partial charge in [-0.3, -0.25) is 4.79 Å². The molecule has 0 amide bonds. The van der Waals surface area contributed by atoms with Gasteiger partial charge in [0.05, 0.1) is 0 Å². The van der Waals surface area contributed by atoms with Crippen molar-refractivity contribution in [2.75, 3.05) is 0 Å². The molecule has 34 valence electrons. The fourth-order valence-corrected chi connectivity index (χ4v) is 0. The Morgan fingerprint density at radius 3 is 1.67 bits per heavy atom. The van der Waals surface area contributed by atoms with Crippen molar-refractivity contribution in [1.82, 2.24) is 0 Å². The number of carbonyl (C=O) groups is 2. The minimum absolute atomic E-state index is 0.854. The fraction of sp³-hybridized carbons (Fsp3) is 0. The predicted molar refractivity (Wildman–Crippen MR) is 26.7 cm³/mol. The summed E-state index contributed by atoms with van der Waals surface area (Å²) >= 11 is 1.19. The fourth-order valence-electron chi connectivity index (χ4n) is 0. The van der Waals surface area contributed by atoms with Crippen molar-refractivity contribution in [3.63, 3.8) is 0 Å². The van der Waals surface area contributed by atoms with Gasteiger partial charge in [0, 0.05) is 22.6 Å². The van der Waals surface area contributed by atoms with Crippen LogP contribution in [-0.2, 0) is 9.59 Å². The molecule has 0 spiro atoms. The molecule has 0 saturated carbocycles. The number of hydrogen-bond acceptors (Lipinski definition) is 2. The Bertz CT molecular complexity index is 74.8. The third-order valence-electron chi connectivity index (χ3n) is 0.168. The monoisotopic (exact) mass is 200 g/mol. The first-order chi connectivity index (χ1) is 2.64. The molecule has 0 aromatic carbocycles. The Kier molecular flexibility index (Phi) is 2.07. The van der Waals surface area contributed by atoms with Gasteiger partial charge in [-0.1, -0.05) is 0 Å². The van der Waals surface area contributed by atoms with Crippen LogP contribution in [0.15, 0.2) is 0 Å². The Morgan fingerprint density at radius 1 is 1.50 bits per heavy atom. The van der Waals surface area contributed by atoms with Crippen molar-refractivity contribution >= 4 is 32.4 Å². The normalized spacial score (nSPS) is 7.50. The van der Waals surface area contributed by atoms with E-state index in [0.29, 0.717) is 0 Å². The van der Waals surface area contributed by atoms with Gasteiger partial charge < -0.3 is 5.11 Å². The summed E-state index contributed by atoms with van der Waals surface area (Å²) in [5, 5.41) is 7.63. The van der Waals surface area contributed by atoms with Crippen LogP contribution in [0.25, 0.3) is 0 Å². The number of carbonyl (C=O) groups excluding carboxylic acids is 1. The van der Waals surface area contributed by atoms with Crippen LogP contribution in [0.2, 0.25) is 0 Å². The van der Waals surface area contributed by atoms with Crippen LogP contribution in [-0.4, -0.2) is 14.9 Å². The van der Waals surface area contributed by atoms with Crippen molar-refractivity contribution in [2.45, 2.75) is 0 Å². The molecule has 0 aromatic rings. The van der Waals surface area contributed by atoms with Crippen molar-refractivity contribution in [3.05, 3.63) is 0 Å². The largest absolute Gasteiger partial charge is 0.475 e. The lowest BCUT2D eigenvalue weighted by molar-refractivity contribution is -0.144. The number of carboxylic acids is 1. The number of hydrogen-bond donors (Lipinski definition) is 1. The molecule has 0 fully saturated rings. The average molecular weight is 200 g/mol. The quantitative estimate of drug-likeness (QED) is 0.369. The lowest BCUT2D eigenvalue weighted by atomic mass is 10.8. The lowest BCUT2D eigenvalue weighted by Crippen LogP contribution is -2.01. The number of aliphatic carboxylic acids is 1. The molecule has 0 saturated heterocycles. The molecule has 0 aliphatic carbocycles. The van der Waals surface area contributed by atoms with Gasteiger partial charge in [-0.2, -0.15) is 0 Å². The minimum atomic E-state index is -1.39.